The van der Waals surface area contributed by atoms with Crippen LogP contribution in [0.2, 0.25) is 0 Å². The van der Waals surface area contributed by atoms with E-state index in [0.717, 1.165) is 57.7 Å². The summed E-state index contributed by atoms with van der Waals surface area (Å²) in [6.07, 6.45) is 7.49. The standard InChI is InChI=1S/C25H42O4/c1-14(13-26)9-15(2)18-5-6-19-23-20(12-22(29)25(18,19)4)24(3)8-7-17(27)10-16(24)11-21(23)28/h13-23,27-29H,5-12H2,1-4H3/t14?,15-,16?,17-,18-,19?,20?,21-,22+,23?,24+,25-/m1/s1. The Balaban J connectivity index is 1.62. The van der Waals surface area contributed by atoms with Gasteiger partial charge in [0.2, 0.25) is 0 Å². The molecule has 166 valence electrons. The molecule has 0 aromatic carbocycles. The Morgan fingerprint density at radius 1 is 1.00 bits per heavy atom. The van der Waals surface area contributed by atoms with Crippen LogP contribution in [0.1, 0.15) is 79.1 Å². The summed E-state index contributed by atoms with van der Waals surface area (Å²) in [6, 6.07) is 0. The average molecular weight is 407 g/mol. The number of carbonyl (C=O) groups excluding carboxylic acids is 1. The van der Waals surface area contributed by atoms with Gasteiger partial charge in [-0.25, -0.2) is 0 Å². The lowest BCUT2D eigenvalue weighted by Gasteiger charge is -2.63. The normalized spacial score (nSPS) is 54.0. The van der Waals surface area contributed by atoms with E-state index in [4.69, 9.17) is 0 Å². The topological polar surface area (TPSA) is 77.8 Å². The number of hydrogen-bond acceptors (Lipinski definition) is 4. The Bertz CT molecular complexity index is 622. The molecule has 4 saturated carbocycles. The van der Waals surface area contributed by atoms with E-state index in [1.54, 1.807) is 0 Å². The molecule has 0 aliphatic heterocycles. The first-order valence-electron chi connectivity index (χ1n) is 12.1. The summed E-state index contributed by atoms with van der Waals surface area (Å²) in [6.45, 7) is 8.91. The summed E-state index contributed by atoms with van der Waals surface area (Å²) in [7, 11) is 0. The molecule has 4 aliphatic carbocycles. The third-order valence-electron chi connectivity index (χ3n) is 10.5. The summed E-state index contributed by atoms with van der Waals surface area (Å²) in [5.41, 5.74) is -0.0390. The van der Waals surface area contributed by atoms with Crippen LogP contribution >= 0.6 is 0 Å². The zero-order valence-corrected chi connectivity index (χ0v) is 18.8. The van der Waals surface area contributed by atoms with Crippen LogP contribution in [-0.2, 0) is 4.79 Å². The molecule has 3 N–H and O–H groups in total. The van der Waals surface area contributed by atoms with Crippen LogP contribution in [0.25, 0.3) is 0 Å². The number of fused-ring (bicyclic) bond motifs is 5. The highest BCUT2D eigenvalue weighted by molar-refractivity contribution is 5.52. The number of aliphatic hydroxyl groups excluding tert-OH is 3. The molecule has 4 rings (SSSR count). The monoisotopic (exact) mass is 406 g/mol. The number of carbonyl (C=O) groups is 1. The second kappa shape index (κ2) is 7.60. The van der Waals surface area contributed by atoms with Crippen molar-refractivity contribution in [1.82, 2.24) is 0 Å². The summed E-state index contributed by atoms with van der Waals surface area (Å²) in [5, 5.41) is 33.0. The van der Waals surface area contributed by atoms with E-state index in [-0.39, 0.29) is 41.0 Å². The predicted octanol–water partition coefficient (Wildman–Crippen LogP) is 3.81. The molecular weight excluding hydrogens is 364 g/mol. The van der Waals surface area contributed by atoms with Crippen molar-refractivity contribution >= 4 is 6.29 Å². The molecule has 4 heteroatoms. The quantitative estimate of drug-likeness (QED) is 0.621. The van der Waals surface area contributed by atoms with Gasteiger partial charge in [-0.05, 0) is 97.7 Å². The summed E-state index contributed by atoms with van der Waals surface area (Å²) < 4.78 is 0. The van der Waals surface area contributed by atoms with E-state index in [9.17, 15) is 20.1 Å². The van der Waals surface area contributed by atoms with Crippen LogP contribution < -0.4 is 0 Å². The van der Waals surface area contributed by atoms with Gasteiger partial charge in [0.15, 0.2) is 0 Å². The lowest BCUT2D eigenvalue weighted by atomic mass is 9.43. The van der Waals surface area contributed by atoms with Gasteiger partial charge in [-0.15, -0.1) is 0 Å². The average Bonchev–Trinajstić information content (AvgIpc) is 3.02. The molecule has 29 heavy (non-hydrogen) atoms. The maximum Gasteiger partial charge on any atom is 0.122 e. The van der Waals surface area contributed by atoms with Crippen LogP contribution in [0.4, 0.5) is 0 Å². The summed E-state index contributed by atoms with van der Waals surface area (Å²) in [5.74, 6) is 2.22. The first kappa shape index (κ1) is 21.8. The second-order valence-corrected chi connectivity index (χ2v) is 11.9. The number of rotatable bonds is 4. The zero-order valence-electron chi connectivity index (χ0n) is 18.8. The lowest BCUT2D eigenvalue weighted by Crippen LogP contribution is -2.62. The SMILES string of the molecule is CC(C=O)C[C@@H](C)[C@H]1CCC2C3C(C[C@H](O)[C@@]21C)[C@@]1(C)CC[C@@H](O)CC1C[C@H]3O. The molecule has 0 aromatic rings. The highest BCUT2D eigenvalue weighted by atomic mass is 16.3. The largest absolute Gasteiger partial charge is 0.393 e. The van der Waals surface area contributed by atoms with Crippen molar-refractivity contribution in [2.24, 2.45) is 52.3 Å². The molecule has 5 unspecified atom stereocenters. The Morgan fingerprint density at radius 3 is 2.41 bits per heavy atom. The fourth-order valence-electron chi connectivity index (χ4n) is 8.94. The van der Waals surface area contributed by atoms with Gasteiger partial charge in [-0.3, -0.25) is 0 Å². The summed E-state index contributed by atoms with van der Waals surface area (Å²) >= 11 is 0. The fraction of sp³-hybridized carbons (Fsp3) is 0.960. The minimum Gasteiger partial charge on any atom is -0.393 e. The van der Waals surface area contributed by atoms with Crippen LogP contribution in [0, 0.1) is 52.3 Å². The first-order chi connectivity index (χ1) is 13.6. The number of aliphatic hydroxyl groups is 3. The highest BCUT2D eigenvalue weighted by Crippen LogP contribution is 2.68. The van der Waals surface area contributed by atoms with E-state index in [1.807, 2.05) is 6.92 Å². The van der Waals surface area contributed by atoms with Crippen LogP contribution in [0.15, 0.2) is 0 Å². The lowest BCUT2D eigenvalue weighted by molar-refractivity contribution is -0.207. The zero-order chi connectivity index (χ0) is 21.1. The molecule has 4 aliphatic rings. The third-order valence-corrected chi connectivity index (χ3v) is 10.5. The second-order valence-electron chi connectivity index (χ2n) is 11.9. The molecule has 12 atom stereocenters. The first-order valence-corrected chi connectivity index (χ1v) is 12.1. The van der Waals surface area contributed by atoms with Gasteiger partial charge >= 0.3 is 0 Å². The van der Waals surface area contributed by atoms with Crippen molar-refractivity contribution in [2.45, 2.75) is 97.4 Å². The Morgan fingerprint density at radius 2 is 1.72 bits per heavy atom. The maximum atomic E-state index is 11.5. The fourth-order valence-corrected chi connectivity index (χ4v) is 8.94. The molecule has 0 saturated heterocycles. The highest BCUT2D eigenvalue weighted by Gasteiger charge is 2.65. The minimum atomic E-state index is -0.343. The molecule has 4 fully saturated rings. The molecule has 0 radical (unpaired) electrons. The van der Waals surface area contributed by atoms with E-state index in [2.05, 4.69) is 20.8 Å². The minimum absolute atomic E-state index is 0.0646. The number of aldehydes is 1. The van der Waals surface area contributed by atoms with Crippen molar-refractivity contribution in [1.29, 1.82) is 0 Å². The maximum absolute atomic E-state index is 11.5. The Hall–Kier alpha value is -0.450. The van der Waals surface area contributed by atoms with Crippen molar-refractivity contribution in [3.63, 3.8) is 0 Å². The number of hydrogen-bond donors (Lipinski definition) is 3. The Labute approximate surface area is 176 Å². The predicted molar refractivity (Wildman–Crippen MR) is 113 cm³/mol. The van der Waals surface area contributed by atoms with E-state index < -0.39 is 0 Å². The van der Waals surface area contributed by atoms with Crippen LogP contribution in [0.5, 0.6) is 0 Å². The molecular formula is C25H42O4. The van der Waals surface area contributed by atoms with E-state index >= 15 is 0 Å². The van der Waals surface area contributed by atoms with Gasteiger partial charge in [0.25, 0.3) is 0 Å². The van der Waals surface area contributed by atoms with Gasteiger partial charge in [0.05, 0.1) is 18.3 Å². The van der Waals surface area contributed by atoms with Gasteiger partial charge in [0, 0.05) is 5.92 Å². The Kier molecular flexibility index (Phi) is 5.71. The van der Waals surface area contributed by atoms with Crippen molar-refractivity contribution < 1.29 is 20.1 Å². The molecule has 0 spiro atoms. The third kappa shape index (κ3) is 3.24. The molecule has 0 bridgehead atoms. The van der Waals surface area contributed by atoms with Crippen molar-refractivity contribution in [2.75, 3.05) is 0 Å². The molecule has 0 heterocycles. The van der Waals surface area contributed by atoms with E-state index in [0.29, 0.717) is 29.6 Å². The summed E-state index contributed by atoms with van der Waals surface area (Å²) in [4.78, 5) is 11.2. The van der Waals surface area contributed by atoms with Crippen LogP contribution in [0.3, 0.4) is 0 Å². The van der Waals surface area contributed by atoms with Crippen LogP contribution in [-0.4, -0.2) is 39.9 Å². The van der Waals surface area contributed by atoms with E-state index in [1.165, 1.54) is 0 Å². The van der Waals surface area contributed by atoms with Gasteiger partial charge in [-0.2, -0.15) is 0 Å². The van der Waals surface area contributed by atoms with Gasteiger partial charge in [-0.1, -0.05) is 27.7 Å². The smallest absolute Gasteiger partial charge is 0.122 e. The van der Waals surface area contributed by atoms with Crippen molar-refractivity contribution in [3.05, 3.63) is 0 Å². The van der Waals surface area contributed by atoms with Gasteiger partial charge in [0.1, 0.15) is 6.29 Å². The van der Waals surface area contributed by atoms with Crippen molar-refractivity contribution in [3.8, 4) is 0 Å². The van der Waals surface area contributed by atoms with Gasteiger partial charge < -0.3 is 20.1 Å². The molecule has 0 amide bonds. The molecule has 4 nitrogen and oxygen atoms in total. The molecule has 0 aromatic heterocycles.